The molecule has 2 aromatic rings. The molecule has 1 saturated carbocycles. The van der Waals surface area contributed by atoms with Gasteiger partial charge in [-0.1, -0.05) is 13.0 Å². The molecule has 0 unspecified atom stereocenters. The third-order valence-electron chi connectivity index (χ3n) is 7.99. The first-order valence-electron chi connectivity index (χ1n) is 13.8. The van der Waals surface area contributed by atoms with Crippen LogP contribution in [0.25, 0.3) is 6.08 Å². The van der Waals surface area contributed by atoms with Crippen molar-refractivity contribution in [2.24, 2.45) is 10.9 Å². The molecule has 8 nitrogen and oxygen atoms in total. The van der Waals surface area contributed by atoms with Crippen molar-refractivity contribution in [3.8, 4) is 5.75 Å². The number of rotatable bonds is 5. The molecular weight excluding hydrogens is 476 g/mol. The van der Waals surface area contributed by atoms with Crippen LogP contribution in [0, 0.1) is 5.92 Å². The summed E-state index contributed by atoms with van der Waals surface area (Å²) in [6.45, 7) is 6.49. The number of carbonyl (C=O) groups excluding carboxylic acids is 1. The van der Waals surface area contributed by atoms with Gasteiger partial charge in [-0.05, 0) is 85.2 Å². The lowest BCUT2D eigenvalue weighted by molar-refractivity contribution is 0.0813. The van der Waals surface area contributed by atoms with Crippen LogP contribution in [-0.2, 0) is 6.54 Å². The van der Waals surface area contributed by atoms with E-state index < -0.39 is 0 Å². The Morgan fingerprint density at radius 2 is 1.74 bits per heavy atom. The number of hydrogen-bond acceptors (Lipinski definition) is 5. The molecular formula is C30H40N6O2. The van der Waals surface area contributed by atoms with Gasteiger partial charge in [0.2, 0.25) is 5.96 Å². The summed E-state index contributed by atoms with van der Waals surface area (Å²) in [5.74, 6) is 2.52. The van der Waals surface area contributed by atoms with Crippen molar-refractivity contribution in [1.82, 2.24) is 20.7 Å². The Hall–Kier alpha value is -3.52. The second-order valence-corrected chi connectivity index (χ2v) is 10.6. The highest BCUT2D eigenvalue weighted by atomic mass is 16.5. The fourth-order valence-electron chi connectivity index (χ4n) is 5.51. The molecule has 8 heteroatoms. The second-order valence-electron chi connectivity index (χ2n) is 10.6. The van der Waals surface area contributed by atoms with Crippen molar-refractivity contribution >= 4 is 23.6 Å². The van der Waals surface area contributed by atoms with Crippen molar-refractivity contribution in [1.29, 1.82) is 0 Å². The second kappa shape index (κ2) is 11.9. The minimum atomic E-state index is 0.00148. The average Bonchev–Trinajstić information content (AvgIpc) is 2.97. The Morgan fingerprint density at radius 3 is 2.42 bits per heavy atom. The number of nitrogens with one attached hydrogen (secondary N) is 2. The number of carbonyl (C=O) groups is 1. The SMILES string of the molecule is CN=C(NC1CCC(C)CC1)NN1CCN(c2ccc(C(=O)N3C=Cc4ccc(OC)cc4C3)cc2)CC1. The zero-order valence-corrected chi connectivity index (χ0v) is 22.8. The van der Waals surface area contributed by atoms with E-state index in [9.17, 15) is 4.79 Å². The standard InChI is InChI=1S/C30H40N6O2/c1-22-4-9-26(10-5-22)32-30(31-2)33-36-18-16-34(17-19-36)27-11-6-24(7-12-27)29(37)35-15-14-23-8-13-28(38-3)20-25(23)21-35/h6-8,11-15,20,22,26H,4-5,9-10,16-19,21H2,1-3H3,(H2,31,32,33). The number of guanidine groups is 1. The number of ether oxygens (including phenoxy) is 1. The molecule has 1 saturated heterocycles. The third-order valence-corrected chi connectivity index (χ3v) is 7.99. The monoisotopic (exact) mass is 516 g/mol. The molecule has 2 heterocycles. The number of nitrogens with zero attached hydrogens (tertiary/aromatic N) is 4. The van der Waals surface area contributed by atoms with Gasteiger partial charge >= 0.3 is 0 Å². The lowest BCUT2D eigenvalue weighted by Gasteiger charge is -2.37. The van der Waals surface area contributed by atoms with Crippen LogP contribution in [0.2, 0.25) is 0 Å². The van der Waals surface area contributed by atoms with Crippen LogP contribution in [0.4, 0.5) is 5.69 Å². The topological polar surface area (TPSA) is 72.4 Å². The van der Waals surface area contributed by atoms with E-state index in [0.717, 1.165) is 60.6 Å². The molecule has 2 aliphatic heterocycles. The van der Waals surface area contributed by atoms with Crippen LogP contribution in [0.3, 0.4) is 0 Å². The minimum Gasteiger partial charge on any atom is -0.497 e. The van der Waals surface area contributed by atoms with E-state index in [0.29, 0.717) is 18.2 Å². The number of aliphatic imine (C=N–C) groups is 1. The van der Waals surface area contributed by atoms with Gasteiger partial charge in [0.15, 0.2) is 0 Å². The molecule has 1 aliphatic carbocycles. The predicted molar refractivity (Wildman–Crippen MR) is 153 cm³/mol. The normalized spacial score (nSPS) is 22.1. The number of anilines is 1. The molecule has 0 bridgehead atoms. The van der Waals surface area contributed by atoms with Gasteiger partial charge < -0.3 is 19.9 Å². The lowest BCUT2D eigenvalue weighted by Crippen LogP contribution is -2.57. The molecule has 38 heavy (non-hydrogen) atoms. The summed E-state index contributed by atoms with van der Waals surface area (Å²) < 4.78 is 5.35. The van der Waals surface area contributed by atoms with Crippen molar-refractivity contribution in [2.75, 3.05) is 45.2 Å². The summed E-state index contributed by atoms with van der Waals surface area (Å²) in [6.07, 6.45) is 8.85. The maximum atomic E-state index is 13.2. The number of amides is 1. The van der Waals surface area contributed by atoms with Crippen LogP contribution in [-0.4, -0.2) is 68.2 Å². The van der Waals surface area contributed by atoms with Crippen LogP contribution < -0.4 is 20.4 Å². The summed E-state index contributed by atoms with van der Waals surface area (Å²) in [7, 11) is 3.50. The predicted octanol–water partition coefficient (Wildman–Crippen LogP) is 4.10. The molecule has 5 rings (SSSR count). The minimum absolute atomic E-state index is 0.00148. The first-order chi connectivity index (χ1) is 18.5. The molecule has 2 aromatic carbocycles. The maximum Gasteiger partial charge on any atom is 0.258 e. The summed E-state index contributed by atoms with van der Waals surface area (Å²) in [4.78, 5) is 21.8. The summed E-state index contributed by atoms with van der Waals surface area (Å²) in [5.41, 5.74) is 7.53. The molecule has 3 aliphatic rings. The third kappa shape index (κ3) is 6.13. The number of hydrogen-bond donors (Lipinski definition) is 2. The van der Waals surface area contributed by atoms with E-state index in [1.165, 1.54) is 25.7 Å². The molecule has 2 fully saturated rings. The van der Waals surface area contributed by atoms with Crippen LogP contribution >= 0.6 is 0 Å². The zero-order valence-electron chi connectivity index (χ0n) is 22.8. The van der Waals surface area contributed by atoms with E-state index in [2.05, 4.69) is 44.7 Å². The van der Waals surface area contributed by atoms with Crippen LogP contribution in [0.1, 0.15) is 54.1 Å². The van der Waals surface area contributed by atoms with E-state index in [1.54, 1.807) is 12.0 Å². The van der Waals surface area contributed by atoms with Crippen LogP contribution in [0.15, 0.2) is 53.7 Å². The van der Waals surface area contributed by atoms with Crippen molar-refractivity contribution in [2.45, 2.75) is 45.2 Å². The van der Waals surface area contributed by atoms with Gasteiger partial charge in [-0.2, -0.15) is 0 Å². The first-order valence-corrected chi connectivity index (χ1v) is 13.8. The van der Waals surface area contributed by atoms with Gasteiger partial charge in [0.25, 0.3) is 5.91 Å². The van der Waals surface area contributed by atoms with Crippen LogP contribution in [0.5, 0.6) is 5.75 Å². The molecule has 1 amide bonds. The molecule has 2 N–H and O–H groups in total. The quantitative estimate of drug-likeness (QED) is 0.461. The lowest BCUT2D eigenvalue weighted by atomic mass is 9.87. The highest BCUT2D eigenvalue weighted by molar-refractivity contribution is 5.96. The van der Waals surface area contributed by atoms with Crippen molar-refractivity contribution in [3.63, 3.8) is 0 Å². The van der Waals surface area contributed by atoms with Gasteiger partial charge in [0, 0.05) is 56.7 Å². The Kier molecular flexibility index (Phi) is 8.17. The first kappa shape index (κ1) is 26.1. The Morgan fingerprint density at radius 1 is 1.00 bits per heavy atom. The van der Waals surface area contributed by atoms with Gasteiger partial charge in [-0.3, -0.25) is 15.2 Å². The smallest absolute Gasteiger partial charge is 0.258 e. The molecule has 0 spiro atoms. The average molecular weight is 517 g/mol. The number of benzene rings is 2. The zero-order chi connectivity index (χ0) is 26.5. The molecule has 0 atom stereocenters. The van der Waals surface area contributed by atoms with E-state index in [-0.39, 0.29) is 5.91 Å². The van der Waals surface area contributed by atoms with Crippen molar-refractivity contribution in [3.05, 3.63) is 65.4 Å². The largest absolute Gasteiger partial charge is 0.497 e. The van der Waals surface area contributed by atoms with E-state index in [4.69, 9.17) is 4.74 Å². The van der Waals surface area contributed by atoms with Gasteiger partial charge in [0.05, 0.1) is 13.7 Å². The number of fused-ring (bicyclic) bond motifs is 1. The van der Waals surface area contributed by atoms with Gasteiger partial charge in [0.1, 0.15) is 5.75 Å². The molecule has 202 valence electrons. The van der Waals surface area contributed by atoms with Crippen molar-refractivity contribution < 1.29 is 9.53 Å². The Bertz CT molecular complexity index is 1160. The number of methoxy groups -OCH3 is 1. The maximum absolute atomic E-state index is 13.2. The fourth-order valence-corrected chi connectivity index (χ4v) is 5.51. The summed E-state index contributed by atoms with van der Waals surface area (Å²) in [5, 5.41) is 5.85. The summed E-state index contributed by atoms with van der Waals surface area (Å²) >= 11 is 0. The van der Waals surface area contributed by atoms with E-state index >= 15 is 0 Å². The molecule has 0 radical (unpaired) electrons. The molecule has 0 aromatic heterocycles. The summed E-state index contributed by atoms with van der Waals surface area (Å²) in [6, 6.07) is 14.5. The highest BCUT2D eigenvalue weighted by Gasteiger charge is 2.23. The fraction of sp³-hybridized carbons (Fsp3) is 0.467. The highest BCUT2D eigenvalue weighted by Crippen LogP contribution is 2.26. The Labute approximate surface area is 226 Å². The van der Waals surface area contributed by atoms with Gasteiger partial charge in [-0.15, -0.1) is 0 Å². The van der Waals surface area contributed by atoms with Gasteiger partial charge in [-0.25, -0.2) is 5.01 Å². The Balaban J connectivity index is 1.12. The number of piperazine rings is 1. The number of hydrazine groups is 1. The van der Waals surface area contributed by atoms with E-state index in [1.807, 2.05) is 49.7 Å².